The van der Waals surface area contributed by atoms with Gasteiger partial charge in [-0.15, -0.1) is 0 Å². The Morgan fingerprint density at radius 2 is 0.644 bits per heavy atom. The van der Waals surface area contributed by atoms with Crippen molar-refractivity contribution < 1.29 is 85.7 Å². The number of benzene rings is 5. The minimum atomic E-state index is -0.894. The van der Waals surface area contributed by atoms with Crippen LogP contribution in [-0.4, -0.2) is 74.6 Å². The van der Waals surface area contributed by atoms with Gasteiger partial charge >= 0.3 is 48.1 Å². The summed E-state index contributed by atoms with van der Waals surface area (Å²) in [7, 11) is 0. The summed E-state index contributed by atoms with van der Waals surface area (Å²) in [6.45, 7) is 9.21. The van der Waals surface area contributed by atoms with E-state index in [4.69, 9.17) is 47.4 Å². The number of carbonyl (C=O) groups is 8. The molecule has 0 saturated carbocycles. The maximum absolute atomic E-state index is 13.0. The van der Waals surface area contributed by atoms with E-state index in [1.54, 1.807) is 6.92 Å². The molecule has 0 aliphatic rings. The molecule has 18 nitrogen and oxygen atoms in total. The Bertz CT molecular complexity index is 2710. The van der Waals surface area contributed by atoms with E-state index >= 15 is 0 Å². The van der Waals surface area contributed by atoms with Crippen molar-refractivity contribution in [2.45, 2.75) is 58.3 Å². The fourth-order valence-electron chi connectivity index (χ4n) is 6.23. The molecule has 380 valence electrons. The van der Waals surface area contributed by atoms with E-state index < -0.39 is 48.1 Å². The van der Waals surface area contributed by atoms with Gasteiger partial charge in [-0.25, -0.2) is 38.4 Å². The van der Waals surface area contributed by atoms with Crippen molar-refractivity contribution in [1.29, 1.82) is 0 Å². The van der Waals surface area contributed by atoms with Gasteiger partial charge in [0.1, 0.15) is 34.5 Å². The molecule has 73 heavy (non-hydrogen) atoms. The summed E-state index contributed by atoms with van der Waals surface area (Å²) in [5, 5.41) is 0. The van der Waals surface area contributed by atoms with E-state index in [1.807, 2.05) is 0 Å². The lowest BCUT2D eigenvalue weighted by Crippen LogP contribution is -2.12. The van der Waals surface area contributed by atoms with Crippen LogP contribution in [0.25, 0.3) is 0 Å². The van der Waals surface area contributed by atoms with Crippen LogP contribution in [0.15, 0.2) is 141 Å². The first-order valence-electron chi connectivity index (χ1n) is 23.0. The molecule has 18 heteroatoms. The van der Waals surface area contributed by atoms with E-state index in [-0.39, 0.29) is 70.0 Å². The first kappa shape index (κ1) is 54.9. The third kappa shape index (κ3) is 19.3. The van der Waals surface area contributed by atoms with Crippen LogP contribution < -0.4 is 28.4 Å². The number of unbranched alkanes of at least 4 members (excludes halogenated alkanes) is 6. The van der Waals surface area contributed by atoms with Crippen molar-refractivity contribution in [3.63, 3.8) is 0 Å². The Morgan fingerprint density at radius 3 is 0.973 bits per heavy atom. The third-order valence-electron chi connectivity index (χ3n) is 10.1. The molecule has 5 aromatic carbocycles. The largest absolute Gasteiger partial charge is 0.513 e. The highest BCUT2D eigenvalue weighted by Gasteiger charge is 2.17. The van der Waals surface area contributed by atoms with Gasteiger partial charge in [0.15, 0.2) is 0 Å². The van der Waals surface area contributed by atoms with Crippen LogP contribution in [0.1, 0.15) is 98.4 Å². The molecule has 0 fully saturated rings. The van der Waals surface area contributed by atoms with Gasteiger partial charge in [-0.1, -0.05) is 13.2 Å². The number of carbonyl (C=O) groups excluding carboxylic acids is 8. The van der Waals surface area contributed by atoms with E-state index in [2.05, 4.69) is 13.2 Å². The molecule has 0 amide bonds. The van der Waals surface area contributed by atoms with Gasteiger partial charge in [0.05, 0.1) is 48.7 Å². The zero-order valence-electron chi connectivity index (χ0n) is 39.9. The number of hydrogen-bond donors (Lipinski definition) is 0. The van der Waals surface area contributed by atoms with Crippen LogP contribution in [0, 0.1) is 6.92 Å². The fraction of sp³-hybridized carbons (Fsp3) is 0.236. The number of rotatable bonds is 26. The van der Waals surface area contributed by atoms with Crippen molar-refractivity contribution in [3.05, 3.63) is 168 Å². The summed E-state index contributed by atoms with van der Waals surface area (Å²) < 4.78 is 52.2. The molecule has 5 aromatic rings. The Labute approximate surface area is 420 Å². The van der Waals surface area contributed by atoms with Crippen LogP contribution in [0.3, 0.4) is 0 Å². The lowest BCUT2D eigenvalue weighted by atomic mass is 10.2. The Morgan fingerprint density at radius 1 is 0.356 bits per heavy atom. The number of aryl methyl sites for hydroxylation is 1. The van der Waals surface area contributed by atoms with Gasteiger partial charge in [-0.2, -0.15) is 0 Å². The molecule has 0 aliphatic heterocycles. The maximum Gasteiger partial charge on any atom is 0.513 e. The average Bonchev–Trinajstić information content (AvgIpc) is 3.39. The van der Waals surface area contributed by atoms with E-state index in [0.29, 0.717) is 44.5 Å². The summed E-state index contributed by atoms with van der Waals surface area (Å²) in [5.41, 5.74) is 1.15. The van der Waals surface area contributed by atoms with E-state index in [0.717, 1.165) is 37.8 Å². The zero-order valence-corrected chi connectivity index (χ0v) is 39.9. The molecule has 0 aliphatic carbocycles. The highest BCUT2D eigenvalue weighted by molar-refractivity contribution is 5.94. The summed E-state index contributed by atoms with van der Waals surface area (Å²) in [6.07, 6.45) is 6.09. The highest BCUT2D eigenvalue weighted by Crippen LogP contribution is 2.26. The molecule has 5 rings (SSSR count). The molecule has 0 bridgehead atoms. The van der Waals surface area contributed by atoms with Gasteiger partial charge in [-0.3, -0.25) is 0 Å². The second-order valence-electron chi connectivity index (χ2n) is 15.6. The van der Waals surface area contributed by atoms with Gasteiger partial charge in [0.25, 0.3) is 0 Å². The molecular formula is C55H52O18. The summed E-state index contributed by atoms with van der Waals surface area (Å²) >= 11 is 0. The first-order chi connectivity index (χ1) is 35.3. The first-order valence-corrected chi connectivity index (χ1v) is 23.0. The molecule has 0 spiro atoms. The standard InChI is InChI=1S/C55H52O18/c1-4-48(56)64-32-10-6-8-12-34-66-54(62)71-44-26-18-38(19-27-44)50(58)68-42-22-14-40(15-23-42)52(60)70-46-30-31-47(37(3)36-46)73-53(61)41-16-24-43(25-17-41)69-51(59)39-20-28-45(29-21-39)72-55(63)67-35-13-9-7-11-33-65-49(57)5-2/h4-5,14-31,36H,1-2,6-13,32-35H2,3H3. The van der Waals surface area contributed by atoms with Crippen LogP contribution in [-0.2, 0) is 28.5 Å². The highest BCUT2D eigenvalue weighted by atomic mass is 16.7. The van der Waals surface area contributed by atoms with Crippen molar-refractivity contribution >= 4 is 48.1 Å². The Balaban J connectivity index is 0.986. The summed E-state index contributed by atoms with van der Waals surface area (Å²) in [4.78, 5) is 97.6. The normalized spacial score (nSPS) is 10.4. The second kappa shape index (κ2) is 29.2. The van der Waals surface area contributed by atoms with Crippen LogP contribution >= 0.6 is 0 Å². The predicted octanol–water partition coefficient (Wildman–Crippen LogP) is 10.5. The lowest BCUT2D eigenvalue weighted by molar-refractivity contribution is -0.138. The van der Waals surface area contributed by atoms with E-state index in [9.17, 15) is 38.4 Å². The number of ether oxygens (including phenoxy) is 10. The third-order valence-corrected chi connectivity index (χ3v) is 10.1. The minimum absolute atomic E-state index is 0.149. The van der Waals surface area contributed by atoms with Crippen LogP contribution in [0.4, 0.5) is 9.59 Å². The molecule has 0 unspecified atom stereocenters. The topological polar surface area (TPSA) is 229 Å². The van der Waals surface area contributed by atoms with Crippen molar-refractivity contribution in [1.82, 2.24) is 0 Å². The zero-order chi connectivity index (χ0) is 52.4. The van der Waals surface area contributed by atoms with Gasteiger partial charge < -0.3 is 47.4 Å². The molecule has 0 N–H and O–H groups in total. The molecule has 0 saturated heterocycles. The second-order valence-corrected chi connectivity index (χ2v) is 15.6. The van der Waals surface area contributed by atoms with E-state index in [1.165, 1.54) is 115 Å². The number of esters is 6. The summed E-state index contributed by atoms with van der Waals surface area (Å²) in [5.74, 6) is -2.73. The van der Waals surface area contributed by atoms with Crippen LogP contribution in [0.5, 0.6) is 34.5 Å². The molecule has 0 aromatic heterocycles. The Hall–Kier alpha value is -9.06. The van der Waals surface area contributed by atoms with Gasteiger partial charge in [0.2, 0.25) is 0 Å². The van der Waals surface area contributed by atoms with Crippen LogP contribution in [0.2, 0.25) is 0 Å². The monoisotopic (exact) mass is 1000 g/mol. The molecule has 0 atom stereocenters. The maximum atomic E-state index is 13.0. The average molecular weight is 1000 g/mol. The quantitative estimate of drug-likeness (QED) is 0.0125. The van der Waals surface area contributed by atoms with Crippen molar-refractivity contribution in [2.75, 3.05) is 26.4 Å². The fourth-order valence-corrected chi connectivity index (χ4v) is 6.23. The SMILES string of the molecule is C=CC(=O)OCCCCCCOC(=O)Oc1ccc(C(=O)Oc2ccc(C(=O)Oc3ccc(OC(=O)c4ccc(OC(=O)c5ccc(OC(=O)OCCCCCCOC(=O)C=C)cc5)cc4)c(C)c3)cc2)cc1. The Kier molecular flexibility index (Phi) is 21.9. The lowest BCUT2D eigenvalue weighted by Gasteiger charge is -2.11. The van der Waals surface area contributed by atoms with Crippen molar-refractivity contribution in [2.24, 2.45) is 0 Å². The van der Waals surface area contributed by atoms with Gasteiger partial charge in [-0.05, 0) is 179 Å². The predicted molar refractivity (Wildman–Crippen MR) is 260 cm³/mol. The summed E-state index contributed by atoms with van der Waals surface area (Å²) in [6, 6.07) is 27.1. The smallest absolute Gasteiger partial charge is 0.463 e. The van der Waals surface area contributed by atoms with Crippen molar-refractivity contribution in [3.8, 4) is 34.5 Å². The number of hydrogen-bond acceptors (Lipinski definition) is 18. The van der Waals surface area contributed by atoms with Gasteiger partial charge in [0, 0.05) is 12.2 Å². The molecular weight excluding hydrogens is 949 g/mol. The molecule has 0 radical (unpaired) electrons. The molecule has 0 heterocycles. The minimum Gasteiger partial charge on any atom is -0.463 e.